The fraction of sp³-hybridized carbons (Fsp3) is 0.929. The van der Waals surface area contributed by atoms with Crippen molar-refractivity contribution in [3.8, 4) is 0 Å². The molecule has 2 aliphatic rings. The normalized spacial score (nSPS) is 34.9. The van der Waals surface area contributed by atoms with Crippen LogP contribution in [-0.2, 0) is 4.79 Å². The third-order valence-electron chi connectivity index (χ3n) is 4.75. The highest BCUT2D eigenvalue weighted by Crippen LogP contribution is 2.32. The SMILES string of the molecule is CC1CC(N)CCC1C(=O)N(C)C1CCCC1. The van der Waals surface area contributed by atoms with Gasteiger partial charge in [-0.25, -0.2) is 0 Å². The van der Waals surface area contributed by atoms with E-state index in [9.17, 15) is 4.79 Å². The molecule has 3 atom stereocenters. The molecule has 0 aromatic rings. The van der Waals surface area contributed by atoms with Crippen LogP contribution in [0.1, 0.15) is 51.9 Å². The third kappa shape index (κ3) is 2.82. The van der Waals surface area contributed by atoms with Crippen LogP contribution in [0.25, 0.3) is 0 Å². The Labute approximate surface area is 105 Å². The molecule has 0 saturated heterocycles. The predicted molar refractivity (Wildman–Crippen MR) is 69.5 cm³/mol. The molecule has 2 rings (SSSR count). The van der Waals surface area contributed by atoms with E-state index in [0.717, 1.165) is 19.3 Å². The van der Waals surface area contributed by atoms with Crippen molar-refractivity contribution in [3.05, 3.63) is 0 Å². The number of hydrogen-bond donors (Lipinski definition) is 1. The van der Waals surface area contributed by atoms with E-state index < -0.39 is 0 Å². The highest BCUT2D eigenvalue weighted by molar-refractivity contribution is 5.79. The van der Waals surface area contributed by atoms with Crippen LogP contribution in [0.4, 0.5) is 0 Å². The van der Waals surface area contributed by atoms with Gasteiger partial charge in [-0.05, 0) is 38.0 Å². The van der Waals surface area contributed by atoms with Crippen LogP contribution in [0, 0.1) is 11.8 Å². The van der Waals surface area contributed by atoms with Gasteiger partial charge in [0.1, 0.15) is 0 Å². The van der Waals surface area contributed by atoms with Gasteiger partial charge in [0.25, 0.3) is 0 Å². The number of nitrogens with zero attached hydrogens (tertiary/aromatic N) is 1. The molecule has 0 spiro atoms. The number of carbonyl (C=O) groups excluding carboxylic acids is 1. The summed E-state index contributed by atoms with van der Waals surface area (Å²) in [4.78, 5) is 14.5. The van der Waals surface area contributed by atoms with Crippen molar-refractivity contribution >= 4 is 5.91 Å². The summed E-state index contributed by atoms with van der Waals surface area (Å²) >= 11 is 0. The lowest BCUT2D eigenvalue weighted by Gasteiger charge is -2.36. The topological polar surface area (TPSA) is 46.3 Å². The van der Waals surface area contributed by atoms with Crippen LogP contribution in [0.3, 0.4) is 0 Å². The Morgan fingerprint density at radius 2 is 1.82 bits per heavy atom. The number of hydrogen-bond acceptors (Lipinski definition) is 2. The zero-order valence-corrected chi connectivity index (χ0v) is 11.2. The van der Waals surface area contributed by atoms with E-state index in [1.807, 2.05) is 11.9 Å². The zero-order valence-electron chi connectivity index (χ0n) is 11.2. The standard InChI is InChI=1S/C14H26N2O/c1-10-9-11(15)7-8-13(10)14(17)16(2)12-5-3-4-6-12/h10-13H,3-9,15H2,1-2H3. The lowest BCUT2D eigenvalue weighted by Crippen LogP contribution is -2.44. The summed E-state index contributed by atoms with van der Waals surface area (Å²) in [6, 6.07) is 0.816. The second-order valence-corrected chi connectivity index (χ2v) is 6.04. The van der Waals surface area contributed by atoms with Crippen molar-refractivity contribution in [2.24, 2.45) is 17.6 Å². The van der Waals surface area contributed by atoms with Crippen molar-refractivity contribution in [3.63, 3.8) is 0 Å². The molecule has 0 aromatic heterocycles. The Bertz CT molecular complexity index is 273. The second kappa shape index (κ2) is 5.38. The van der Waals surface area contributed by atoms with E-state index in [2.05, 4.69) is 6.92 Å². The molecule has 2 saturated carbocycles. The Balaban J connectivity index is 1.94. The van der Waals surface area contributed by atoms with Crippen LogP contribution >= 0.6 is 0 Å². The van der Waals surface area contributed by atoms with E-state index in [1.54, 1.807) is 0 Å². The van der Waals surface area contributed by atoms with Gasteiger partial charge >= 0.3 is 0 Å². The summed E-state index contributed by atoms with van der Waals surface area (Å²) in [6.45, 7) is 2.18. The van der Waals surface area contributed by atoms with Crippen molar-refractivity contribution in [2.45, 2.75) is 64.0 Å². The molecule has 98 valence electrons. The molecular weight excluding hydrogens is 212 g/mol. The first-order valence-corrected chi connectivity index (χ1v) is 7.12. The molecule has 2 N–H and O–H groups in total. The first-order valence-electron chi connectivity index (χ1n) is 7.12. The van der Waals surface area contributed by atoms with Gasteiger partial charge in [0.2, 0.25) is 5.91 Å². The van der Waals surface area contributed by atoms with Crippen molar-refractivity contribution < 1.29 is 4.79 Å². The number of carbonyl (C=O) groups is 1. The molecule has 0 aliphatic heterocycles. The highest BCUT2D eigenvalue weighted by Gasteiger charge is 2.35. The highest BCUT2D eigenvalue weighted by atomic mass is 16.2. The van der Waals surface area contributed by atoms with E-state index >= 15 is 0 Å². The Hall–Kier alpha value is -0.570. The Morgan fingerprint density at radius 3 is 2.41 bits per heavy atom. The molecule has 3 nitrogen and oxygen atoms in total. The van der Waals surface area contributed by atoms with Crippen LogP contribution in [0.15, 0.2) is 0 Å². The summed E-state index contributed by atoms with van der Waals surface area (Å²) in [5.41, 5.74) is 5.96. The quantitative estimate of drug-likeness (QED) is 0.801. The molecule has 0 heterocycles. The maximum absolute atomic E-state index is 12.5. The summed E-state index contributed by atoms with van der Waals surface area (Å²) in [6.07, 6.45) is 7.97. The molecule has 0 bridgehead atoms. The van der Waals surface area contributed by atoms with Crippen LogP contribution in [-0.4, -0.2) is 29.9 Å². The van der Waals surface area contributed by atoms with Gasteiger partial charge < -0.3 is 10.6 Å². The lowest BCUT2D eigenvalue weighted by atomic mass is 9.77. The van der Waals surface area contributed by atoms with E-state index in [0.29, 0.717) is 23.9 Å². The van der Waals surface area contributed by atoms with E-state index in [1.165, 1.54) is 25.7 Å². The predicted octanol–water partition coefficient (Wildman–Crippen LogP) is 2.15. The minimum Gasteiger partial charge on any atom is -0.343 e. The van der Waals surface area contributed by atoms with Gasteiger partial charge in [-0.2, -0.15) is 0 Å². The van der Waals surface area contributed by atoms with Gasteiger partial charge in [0, 0.05) is 25.0 Å². The number of amides is 1. The molecule has 3 unspecified atom stereocenters. The summed E-state index contributed by atoms with van der Waals surface area (Å²) in [7, 11) is 2.00. The van der Waals surface area contributed by atoms with Crippen LogP contribution in [0.5, 0.6) is 0 Å². The zero-order chi connectivity index (χ0) is 12.4. The molecule has 2 aliphatic carbocycles. The monoisotopic (exact) mass is 238 g/mol. The molecule has 17 heavy (non-hydrogen) atoms. The second-order valence-electron chi connectivity index (χ2n) is 6.04. The maximum atomic E-state index is 12.5. The summed E-state index contributed by atoms with van der Waals surface area (Å²) < 4.78 is 0. The smallest absolute Gasteiger partial charge is 0.225 e. The van der Waals surface area contributed by atoms with Gasteiger partial charge in [0.05, 0.1) is 0 Å². The first kappa shape index (κ1) is 12.9. The largest absolute Gasteiger partial charge is 0.343 e. The number of rotatable bonds is 2. The fourth-order valence-corrected chi connectivity index (χ4v) is 3.54. The summed E-state index contributed by atoms with van der Waals surface area (Å²) in [5, 5.41) is 0. The van der Waals surface area contributed by atoms with Gasteiger partial charge in [0.15, 0.2) is 0 Å². The minimum absolute atomic E-state index is 0.223. The van der Waals surface area contributed by atoms with Crippen molar-refractivity contribution in [1.29, 1.82) is 0 Å². The Kier molecular flexibility index (Phi) is 4.08. The van der Waals surface area contributed by atoms with E-state index in [-0.39, 0.29) is 5.92 Å². The van der Waals surface area contributed by atoms with Crippen LogP contribution in [0.2, 0.25) is 0 Å². The Morgan fingerprint density at radius 1 is 1.18 bits per heavy atom. The first-order chi connectivity index (χ1) is 8.09. The van der Waals surface area contributed by atoms with Gasteiger partial charge in [-0.1, -0.05) is 19.8 Å². The third-order valence-corrected chi connectivity index (χ3v) is 4.75. The molecule has 1 amide bonds. The van der Waals surface area contributed by atoms with Gasteiger partial charge in [-0.3, -0.25) is 4.79 Å². The van der Waals surface area contributed by atoms with E-state index in [4.69, 9.17) is 5.73 Å². The minimum atomic E-state index is 0.223. The average molecular weight is 238 g/mol. The average Bonchev–Trinajstić information content (AvgIpc) is 2.80. The van der Waals surface area contributed by atoms with Crippen molar-refractivity contribution in [1.82, 2.24) is 4.90 Å². The molecular formula is C14H26N2O. The van der Waals surface area contributed by atoms with Crippen molar-refractivity contribution in [2.75, 3.05) is 7.05 Å². The molecule has 0 aromatic carbocycles. The summed E-state index contributed by atoms with van der Waals surface area (Å²) in [5.74, 6) is 1.05. The molecule has 2 fully saturated rings. The maximum Gasteiger partial charge on any atom is 0.225 e. The number of nitrogens with two attached hydrogens (primary N) is 1. The lowest BCUT2D eigenvalue weighted by molar-refractivity contribution is -0.139. The molecule has 3 heteroatoms. The fourth-order valence-electron chi connectivity index (χ4n) is 3.54. The molecule has 0 radical (unpaired) electrons. The van der Waals surface area contributed by atoms with Gasteiger partial charge in [-0.15, -0.1) is 0 Å². The van der Waals surface area contributed by atoms with Crippen LogP contribution < -0.4 is 5.73 Å².